The van der Waals surface area contributed by atoms with Crippen LogP contribution in [0.1, 0.15) is 76.2 Å². The van der Waals surface area contributed by atoms with Crippen molar-refractivity contribution in [3.63, 3.8) is 0 Å². The van der Waals surface area contributed by atoms with Crippen LogP contribution in [-0.4, -0.2) is 59.0 Å². The zero-order valence-electron chi connectivity index (χ0n) is 18.3. The van der Waals surface area contributed by atoms with Gasteiger partial charge in [-0.15, -0.1) is 0 Å². The minimum atomic E-state index is -0.171. The van der Waals surface area contributed by atoms with Gasteiger partial charge >= 0.3 is 0 Å². The van der Waals surface area contributed by atoms with E-state index in [1.807, 2.05) is 0 Å². The maximum absolute atomic E-state index is 8.06. The fourth-order valence-electron chi connectivity index (χ4n) is 0.866. The molecular formula is C18H47AlO4Ti. The number of hydrogen-bond donors (Lipinski definition) is 4. The zero-order valence-corrected chi connectivity index (χ0v) is 21.0. The molecule has 0 atom stereocenters. The van der Waals surface area contributed by atoms with Crippen molar-refractivity contribution < 1.29 is 42.1 Å². The van der Waals surface area contributed by atoms with Crippen LogP contribution in [0.15, 0.2) is 0 Å². The Morgan fingerprint density at radius 2 is 0.583 bits per heavy atom. The molecule has 4 nitrogen and oxygen atoms in total. The Kier molecular flexibility index (Phi) is 58.7. The monoisotopic (exact) mass is 402 g/mol. The zero-order chi connectivity index (χ0) is 20.0. The van der Waals surface area contributed by atoms with E-state index in [0.29, 0.717) is 0 Å². The molecule has 4 N–H and O–H groups in total. The molecule has 150 valence electrons. The summed E-state index contributed by atoms with van der Waals surface area (Å²) in [5.74, 6) is 0. The molecule has 0 aromatic heterocycles. The molecule has 0 rings (SSSR count). The van der Waals surface area contributed by atoms with Crippen molar-refractivity contribution >= 4 is 14.1 Å². The van der Waals surface area contributed by atoms with Crippen molar-refractivity contribution in [2.24, 2.45) is 0 Å². The molecule has 0 heterocycles. The van der Waals surface area contributed by atoms with Crippen molar-refractivity contribution in [3.8, 4) is 0 Å². The summed E-state index contributed by atoms with van der Waals surface area (Å²) in [6.07, 6.45) is -0.667. The summed E-state index contributed by atoms with van der Waals surface area (Å²) in [6, 6.07) is 0. The largest absolute Gasteiger partial charge is 0.394 e. The Labute approximate surface area is 172 Å². The van der Waals surface area contributed by atoms with E-state index in [4.69, 9.17) is 20.4 Å². The summed E-state index contributed by atoms with van der Waals surface area (Å²) in [6.45, 7) is 20.7. The molecule has 0 bridgehead atoms. The predicted molar refractivity (Wildman–Crippen MR) is 107 cm³/mol. The molecule has 0 amide bonds. The molecule has 0 radical (unpaired) electrons. The number of aliphatic hydroxyl groups is 4. The van der Waals surface area contributed by atoms with Crippen LogP contribution in [0, 0.1) is 0 Å². The van der Waals surface area contributed by atoms with Gasteiger partial charge in [0, 0.05) is 46.1 Å². The van der Waals surface area contributed by atoms with Crippen LogP contribution in [0.25, 0.3) is 0 Å². The van der Waals surface area contributed by atoms with E-state index in [9.17, 15) is 0 Å². The quantitative estimate of drug-likeness (QED) is 0.536. The van der Waals surface area contributed by atoms with Gasteiger partial charge in [-0.1, -0.05) is 36.6 Å². The summed E-state index contributed by atoms with van der Waals surface area (Å²) >= 11 is -0.171. The third-order valence-electron chi connectivity index (χ3n) is 1.73. The van der Waals surface area contributed by atoms with Gasteiger partial charge in [0.2, 0.25) is 0 Å². The molecule has 0 fully saturated rings. The molecule has 0 aliphatic rings. The van der Waals surface area contributed by atoms with Crippen LogP contribution in [0.4, 0.5) is 0 Å². The molecule has 0 aliphatic heterocycles. The van der Waals surface area contributed by atoms with Crippen molar-refractivity contribution in [1.29, 1.82) is 0 Å². The van der Waals surface area contributed by atoms with Gasteiger partial charge < -0.3 is 20.4 Å². The van der Waals surface area contributed by atoms with Crippen LogP contribution < -0.4 is 0 Å². The topological polar surface area (TPSA) is 80.9 Å². The third-order valence-corrected chi connectivity index (χ3v) is 5.20. The van der Waals surface area contributed by atoms with Crippen LogP contribution in [0.3, 0.4) is 0 Å². The SMILES string of the molecule is CC(C)O.CC(C)O.CC(C)O.CC(C)O.C[CH2][Al]([CH2]C)[CH2]C.[Ti]. The van der Waals surface area contributed by atoms with Crippen molar-refractivity contribution in [3.05, 3.63) is 0 Å². The average Bonchev–Trinajstić information content (AvgIpc) is 2.28. The maximum atomic E-state index is 8.06. The van der Waals surface area contributed by atoms with Gasteiger partial charge in [-0.05, 0) is 55.4 Å². The molecule has 0 aliphatic carbocycles. The van der Waals surface area contributed by atoms with Crippen LogP contribution in [0.2, 0.25) is 15.8 Å². The normalized spacial score (nSPS) is 8.62. The Hall–Kier alpha value is 1.09. The molecular weight excluding hydrogens is 355 g/mol. The fraction of sp³-hybridized carbons (Fsp3) is 1.00. The molecule has 0 saturated heterocycles. The number of rotatable bonds is 3. The first-order valence-corrected chi connectivity index (χ1v) is 11.4. The molecule has 0 aromatic carbocycles. The Morgan fingerprint density at radius 1 is 0.500 bits per heavy atom. The van der Waals surface area contributed by atoms with Crippen LogP contribution in [0.5, 0.6) is 0 Å². The van der Waals surface area contributed by atoms with Crippen LogP contribution in [-0.2, 0) is 21.7 Å². The second-order valence-corrected chi connectivity index (χ2v) is 10.6. The van der Waals surface area contributed by atoms with E-state index < -0.39 is 0 Å². The first kappa shape index (κ1) is 40.0. The molecule has 0 unspecified atom stereocenters. The second-order valence-electron chi connectivity index (χ2n) is 6.47. The van der Waals surface area contributed by atoms with Crippen molar-refractivity contribution in [2.75, 3.05) is 0 Å². The number of hydrogen-bond acceptors (Lipinski definition) is 4. The van der Waals surface area contributed by atoms with E-state index >= 15 is 0 Å². The molecule has 0 spiro atoms. The summed E-state index contributed by atoms with van der Waals surface area (Å²) in [5.41, 5.74) is 0. The fourth-order valence-corrected chi connectivity index (χ4v) is 2.60. The average molecular weight is 402 g/mol. The minimum Gasteiger partial charge on any atom is -0.394 e. The minimum absolute atomic E-state index is 0. The molecule has 6 heteroatoms. The Morgan fingerprint density at radius 3 is 0.583 bits per heavy atom. The van der Waals surface area contributed by atoms with Crippen LogP contribution >= 0.6 is 0 Å². The van der Waals surface area contributed by atoms with E-state index in [1.54, 1.807) is 55.4 Å². The van der Waals surface area contributed by atoms with Gasteiger partial charge in [0.15, 0.2) is 0 Å². The molecule has 24 heavy (non-hydrogen) atoms. The predicted octanol–water partition coefficient (Wildman–Crippen LogP) is 4.09. The molecule has 0 saturated carbocycles. The first-order chi connectivity index (χ1) is 10.3. The Balaban J connectivity index is -0.0000000429. The van der Waals surface area contributed by atoms with Gasteiger partial charge in [0.25, 0.3) is 14.1 Å². The maximum Gasteiger partial charge on any atom is 0.261 e. The molecule has 0 aromatic rings. The summed E-state index contributed by atoms with van der Waals surface area (Å²) in [5, 5.41) is 36.7. The summed E-state index contributed by atoms with van der Waals surface area (Å²) in [7, 11) is 0. The summed E-state index contributed by atoms with van der Waals surface area (Å²) in [4.78, 5) is 0. The van der Waals surface area contributed by atoms with E-state index in [0.717, 1.165) is 0 Å². The van der Waals surface area contributed by atoms with E-state index in [1.165, 1.54) is 15.8 Å². The van der Waals surface area contributed by atoms with Gasteiger partial charge in [-0.25, -0.2) is 0 Å². The Bertz CT molecular complexity index is 125. The smallest absolute Gasteiger partial charge is 0.261 e. The van der Waals surface area contributed by atoms with Gasteiger partial charge in [-0.2, -0.15) is 0 Å². The van der Waals surface area contributed by atoms with Crippen molar-refractivity contribution in [1.82, 2.24) is 0 Å². The van der Waals surface area contributed by atoms with Gasteiger partial charge in [0.1, 0.15) is 0 Å². The standard InChI is InChI=1S/4C3H8O.3C2H5.Al.Ti/c4*1-3(2)4;3*1-2;;/h4*3-4H,1-2H3;3*1H2,2H3;;. The number of aliphatic hydroxyl groups excluding tert-OH is 4. The van der Waals surface area contributed by atoms with Gasteiger partial charge in [-0.3, -0.25) is 0 Å². The van der Waals surface area contributed by atoms with Crippen molar-refractivity contribution in [2.45, 2.75) is 116 Å². The van der Waals surface area contributed by atoms with E-state index in [2.05, 4.69) is 20.8 Å². The second kappa shape index (κ2) is 35.2. The first-order valence-electron chi connectivity index (χ1n) is 9.00. The third kappa shape index (κ3) is 224. The van der Waals surface area contributed by atoms with Gasteiger partial charge in [0.05, 0.1) is 0 Å². The summed E-state index contributed by atoms with van der Waals surface area (Å²) < 4.78 is 0. The van der Waals surface area contributed by atoms with E-state index in [-0.39, 0.29) is 60.3 Å².